The summed E-state index contributed by atoms with van der Waals surface area (Å²) in [6, 6.07) is 9.82. The maximum Gasteiger partial charge on any atom is 0.272 e. The van der Waals surface area contributed by atoms with E-state index in [0.717, 1.165) is 18.4 Å². The van der Waals surface area contributed by atoms with Gasteiger partial charge in [0, 0.05) is 22.3 Å². The molecule has 2 aromatic rings. The predicted molar refractivity (Wildman–Crippen MR) is 104 cm³/mol. The highest BCUT2D eigenvalue weighted by Gasteiger charge is 2.38. The lowest BCUT2D eigenvalue weighted by molar-refractivity contribution is -0.121. The summed E-state index contributed by atoms with van der Waals surface area (Å²) in [7, 11) is 0. The number of alkyl halides is 3. The van der Waals surface area contributed by atoms with E-state index >= 15 is 0 Å². The summed E-state index contributed by atoms with van der Waals surface area (Å²) < 4.78 is -2.10. The molecule has 1 unspecified atom stereocenters. The molecule has 1 N–H and O–H groups in total. The number of fused-ring (bicyclic) bond motifs is 4. The molecule has 2 aliphatic rings. The molecule has 0 radical (unpaired) electrons. The number of carbonyl (C=O) groups is 3. The van der Waals surface area contributed by atoms with Crippen molar-refractivity contribution in [2.24, 2.45) is 0 Å². The average molecular weight is 423 g/mol. The van der Waals surface area contributed by atoms with Crippen LogP contribution in [0.15, 0.2) is 36.4 Å². The van der Waals surface area contributed by atoms with E-state index in [4.69, 9.17) is 34.8 Å². The van der Waals surface area contributed by atoms with Gasteiger partial charge in [0.1, 0.15) is 0 Å². The fraction of sp³-hybridized carbons (Fsp3) is 0.250. The van der Waals surface area contributed by atoms with E-state index in [2.05, 4.69) is 5.32 Å². The number of aryl methyl sites for hydroxylation is 1. The predicted octanol–water partition coefficient (Wildman–Crippen LogP) is 4.33. The van der Waals surface area contributed by atoms with E-state index < -0.39 is 15.7 Å². The zero-order valence-electron chi connectivity index (χ0n) is 14.0. The van der Waals surface area contributed by atoms with Crippen LogP contribution in [0.3, 0.4) is 0 Å². The van der Waals surface area contributed by atoms with Crippen LogP contribution in [0, 0.1) is 0 Å². The Labute approximate surface area is 170 Å². The van der Waals surface area contributed by atoms with Crippen molar-refractivity contribution in [1.29, 1.82) is 0 Å². The molecule has 27 heavy (non-hydrogen) atoms. The van der Waals surface area contributed by atoms with E-state index in [0.29, 0.717) is 34.2 Å². The van der Waals surface area contributed by atoms with Crippen molar-refractivity contribution >= 4 is 52.3 Å². The van der Waals surface area contributed by atoms with Gasteiger partial charge in [0.25, 0.3) is 9.70 Å². The Morgan fingerprint density at radius 3 is 2.30 bits per heavy atom. The SMILES string of the molecule is O=C1c2ccccc2C(=O)c2c1ccc1c2C(NC(=O)C(Cl)(Cl)Cl)CCC1. The molecule has 4 nitrogen and oxygen atoms in total. The minimum atomic E-state index is -2.10. The van der Waals surface area contributed by atoms with Crippen molar-refractivity contribution in [3.05, 3.63) is 69.8 Å². The molecule has 0 aliphatic heterocycles. The molecule has 0 bridgehead atoms. The van der Waals surface area contributed by atoms with Gasteiger partial charge in [-0.3, -0.25) is 14.4 Å². The van der Waals surface area contributed by atoms with Crippen LogP contribution >= 0.6 is 34.8 Å². The minimum absolute atomic E-state index is 0.194. The van der Waals surface area contributed by atoms with Gasteiger partial charge in [-0.1, -0.05) is 65.1 Å². The van der Waals surface area contributed by atoms with Crippen molar-refractivity contribution in [2.75, 3.05) is 0 Å². The first-order valence-electron chi connectivity index (χ1n) is 8.51. The molecule has 0 saturated heterocycles. The second kappa shape index (κ2) is 6.62. The van der Waals surface area contributed by atoms with Crippen LogP contribution in [-0.2, 0) is 11.2 Å². The van der Waals surface area contributed by atoms with Crippen molar-refractivity contribution in [2.45, 2.75) is 29.1 Å². The highest BCUT2D eigenvalue weighted by Crippen LogP contribution is 2.39. The number of rotatable bonds is 1. The molecule has 4 rings (SSSR count). The number of hydrogen-bond donors (Lipinski definition) is 1. The first-order chi connectivity index (χ1) is 12.8. The number of carbonyl (C=O) groups excluding carboxylic acids is 3. The summed E-state index contributed by atoms with van der Waals surface area (Å²) >= 11 is 17.1. The standard InChI is InChI=1S/C20H14Cl3NO3/c21-20(22,23)19(27)24-14-7-3-4-10-8-9-13-16(15(10)14)18(26)12-6-2-1-5-11(12)17(13)25/h1-2,5-6,8-9,14H,3-4,7H2,(H,24,27). The van der Waals surface area contributed by atoms with Crippen LogP contribution in [0.2, 0.25) is 0 Å². The second-order valence-electron chi connectivity index (χ2n) is 6.68. The van der Waals surface area contributed by atoms with E-state index in [1.807, 2.05) is 6.07 Å². The number of halogens is 3. The second-order valence-corrected chi connectivity index (χ2v) is 8.96. The summed E-state index contributed by atoms with van der Waals surface area (Å²) in [5, 5.41) is 2.73. The molecular weight excluding hydrogens is 409 g/mol. The molecular formula is C20H14Cl3NO3. The van der Waals surface area contributed by atoms with Crippen molar-refractivity contribution in [3.8, 4) is 0 Å². The largest absolute Gasteiger partial charge is 0.346 e. The molecule has 0 spiro atoms. The quantitative estimate of drug-likeness (QED) is 0.594. The molecule has 1 atom stereocenters. The summed E-state index contributed by atoms with van der Waals surface area (Å²) in [4.78, 5) is 38.3. The van der Waals surface area contributed by atoms with Crippen LogP contribution < -0.4 is 5.32 Å². The van der Waals surface area contributed by atoms with Gasteiger partial charge in [-0.2, -0.15) is 0 Å². The monoisotopic (exact) mass is 421 g/mol. The Morgan fingerprint density at radius 2 is 1.63 bits per heavy atom. The van der Waals surface area contributed by atoms with Crippen molar-refractivity contribution in [1.82, 2.24) is 5.32 Å². The van der Waals surface area contributed by atoms with Crippen LogP contribution in [0.5, 0.6) is 0 Å². The molecule has 7 heteroatoms. The summed E-state index contributed by atoms with van der Waals surface area (Å²) in [6.07, 6.45) is 2.17. The first kappa shape index (κ1) is 18.5. The number of hydrogen-bond acceptors (Lipinski definition) is 3. The van der Waals surface area contributed by atoms with Gasteiger partial charge in [0.2, 0.25) is 0 Å². The molecule has 0 heterocycles. The van der Waals surface area contributed by atoms with E-state index in [-0.39, 0.29) is 11.6 Å². The fourth-order valence-corrected chi connectivity index (χ4v) is 4.06. The number of ketones is 2. The Bertz CT molecular complexity index is 994. The molecule has 1 amide bonds. The Kier molecular flexibility index (Phi) is 4.53. The lowest BCUT2D eigenvalue weighted by Crippen LogP contribution is -2.39. The molecule has 0 aromatic heterocycles. The number of amides is 1. The lowest BCUT2D eigenvalue weighted by Gasteiger charge is -2.31. The van der Waals surface area contributed by atoms with Crippen molar-refractivity contribution < 1.29 is 14.4 Å². The summed E-state index contributed by atoms with van der Waals surface area (Å²) in [6.45, 7) is 0. The molecule has 0 fully saturated rings. The van der Waals surface area contributed by atoms with Gasteiger partial charge in [0.05, 0.1) is 6.04 Å². The Morgan fingerprint density at radius 1 is 0.963 bits per heavy atom. The fourth-order valence-electron chi connectivity index (χ4n) is 3.90. The van der Waals surface area contributed by atoms with Gasteiger partial charge >= 0.3 is 0 Å². The van der Waals surface area contributed by atoms with Gasteiger partial charge in [0.15, 0.2) is 11.6 Å². The highest BCUT2D eigenvalue weighted by atomic mass is 35.6. The Balaban J connectivity index is 1.86. The van der Waals surface area contributed by atoms with E-state index in [9.17, 15) is 14.4 Å². The third-order valence-electron chi connectivity index (χ3n) is 5.07. The maximum atomic E-state index is 13.2. The third kappa shape index (κ3) is 3.06. The molecule has 2 aromatic carbocycles. The molecule has 138 valence electrons. The highest BCUT2D eigenvalue weighted by molar-refractivity contribution is 6.76. The minimum Gasteiger partial charge on any atom is -0.346 e. The van der Waals surface area contributed by atoms with E-state index in [1.165, 1.54) is 0 Å². The third-order valence-corrected chi connectivity index (χ3v) is 5.59. The van der Waals surface area contributed by atoms with Gasteiger partial charge in [-0.15, -0.1) is 0 Å². The number of benzene rings is 2. The molecule has 0 saturated carbocycles. The summed E-state index contributed by atoms with van der Waals surface area (Å²) in [5.41, 5.74) is 3.07. The summed E-state index contributed by atoms with van der Waals surface area (Å²) in [5.74, 6) is -1.16. The van der Waals surface area contributed by atoms with Crippen LogP contribution in [0.4, 0.5) is 0 Å². The maximum absolute atomic E-state index is 13.2. The van der Waals surface area contributed by atoms with Crippen LogP contribution in [0.25, 0.3) is 0 Å². The topological polar surface area (TPSA) is 63.2 Å². The Hall–Kier alpha value is -1.88. The average Bonchev–Trinajstić information content (AvgIpc) is 2.64. The molecule has 2 aliphatic carbocycles. The normalized spacial score (nSPS) is 18.4. The zero-order chi connectivity index (χ0) is 19.3. The van der Waals surface area contributed by atoms with Gasteiger partial charge in [-0.05, 0) is 36.5 Å². The number of nitrogens with one attached hydrogen (secondary N) is 1. The zero-order valence-corrected chi connectivity index (χ0v) is 16.3. The van der Waals surface area contributed by atoms with E-state index in [1.54, 1.807) is 30.3 Å². The smallest absolute Gasteiger partial charge is 0.272 e. The first-order valence-corrected chi connectivity index (χ1v) is 9.64. The van der Waals surface area contributed by atoms with Crippen LogP contribution in [0.1, 0.15) is 61.9 Å². The van der Waals surface area contributed by atoms with Crippen LogP contribution in [-0.4, -0.2) is 21.3 Å². The van der Waals surface area contributed by atoms with Gasteiger partial charge in [-0.25, -0.2) is 0 Å². The van der Waals surface area contributed by atoms with Gasteiger partial charge < -0.3 is 5.32 Å². The lowest BCUT2D eigenvalue weighted by atomic mass is 9.75. The van der Waals surface area contributed by atoms with Crippen molar-refractivity contribution in [3.63, 3.8) is 0 Å².